The third-order valence-corrected chi connectivity index (χ3v) is 6.45. The molecule has 2 aromatic carbocycles. The molecule has 0 aliphatic carbocycles. The molecule has 0 bridgehead atoms. The van der Waals surface area contributed by atoms with Crippen molar-refractivity contribution in [3.63, 3.8) is 0 Å². The topological polar surface area (TPSA) is 111 Å². The minimum atomic E-state index is -3.96. The number of nitrogens with one attached hydrogen (secondary N) is 1. The van der Waals surface area contributed by atoms with Gasteiger partial charge in [-0.1, -0.05) is 24.3 Å². The minimum Gasteiger partial charge on any atom is -0.299 e. The van der Waals surface area contributed by atoms with Gasteiger partial charge >= 0.3 is 4.87 Å². The van der Waals surface area contributed by atoms with Gasteiger partial charge in [0, 0.05) is 12.6 Å². The number of sulfonamides is 1. The Labute approximate surface area is 159 Å². The van der Waals surface area contributed by atoms with Crippen molar-refractivity contribution in [1.29, 1.82) is 0 Å². The summed E-state index contributed by atoms with van der Waals surface area (Å²) in [5, 5.41) is 11.0. The molecule has 0 saturated carbocycles. The van der Waals surface area contributed by atoms with Crippen molar-refractivity contribution in [3.8, 4) is 0 Å². The molecule has 0 amide bonds. The fourth-order valence-corrected chi connectivity index (χ4v) is 4.96. The Balaban J connectivity index is 2.02. The van der Waals surface area contributed by atoms with Crippen molar-refractivity contribution in [2.45, 2.75) is 31.7 Å². The van der Waals surface area contributed by atoms with Crippen LogP contribution in [0.15, 0.2) is 46.1 Å². The zero-order chi connectivity index (χ0) is 19.8. The second-order valence-corrected chi connectivity index (χ2v) is 8.64. The number of aryl methyl sites for hydroxylation is 1. The van der Waals surface area contributed by atoms with Crippen LogP contribution < -0.4 is 9.60 Å². The zero-order valence-corrected chi connectivity index (χ0v) is 16.3. The Morgan fingerprint density at radius 2 is 2.00 bits per heavy atom. The molecule has 142 valence electrons. The Hall–Kier alpha value is -2.72. The fourth-order valence-electron chi connectivity index (χ4n) is 2.78. The maximum Gasteiger partial charge on any atom is 0.308 e. The Bertz CT molecular complexity index is 1190. The van der Waals surface area contributed by atoms with Crippen LogP contribution in [0, 0.1) is 17.0 Å². The highest BCUT2D eigenvalue weighted by Crippen LogP contribution is 2.28. The number of anilines is 1. The normalized spacial score (nSPS) is 11.6. The molecule has 0 spiro atoms. The number of hydrogen-bond acceptors (Lipinski definition) is 6. The molecule has 1 heterocycles. The van der Waals surface area contributed by atoms with Crippen molar-refractivity contribution in [2.75, 3.05) is 4.72 Å². The summed E-state index contributed by atoms with van der Waals surface area (Å²) in [7, 11) is -3.96. The van der Waals surface area contributed by atoms with Crippen molar-refractivity contribution >= 4 is 43.0 Å². The van der Waals surface area contributed by atoms with Gasteiger partial charge in [0.2, 0.25) is 0 Å². The minimum absolute atomic E-state index is 0.00851. The summed E-state index contributed by atoms with van der Waals surface area (Å²) in [6.45, 7) is 4.01. The van der Waals surface area contributed by atoms with Crippen molar-refractivity contribution in [3.05, 3.63) is 61.7 Å². The summed E-state index contributed by atoms with van der Waals surface area (Å²) < 4.78 is 30.1. The summed E-state index contributed by atoms with van der Waals surface area (Å²) in [6.07, 6.45) is 0.791. The van der Waals surface area contributed by atoms with Gasteiger partial charge in [-0.15, -0.1) is 0 Å². The van der Waals surface area contributed by atoms with Gasteiger partial charge in [0.15, 0.2) is 0 Å². The van der Waals surface area contributed by atoms with Crippen LogP contribution in [0.3, 0.4) is 0 Å². The Kier molecular flexibility index (Phi) is 5.03. The molecule has 0 aliphatic heterocycles. The standard InChI is InChI=1S/C17H17N3O5S2/c1-3-9-19-15-8-7-12(10-16(15)26-17(19)21)27(24,25)18-13-5-4-6-14(11(13)2)20(22)23/h4-8,10,18H,3,9H2,1-2H3. The average molecular weight is 407 g/mol. The van der Waals surface area contributed by atoms with Gasteiger partial charge in [-0.25, -0.2) is 8.42 Å². The molecule has 3 aromatic rings. The SMILES string of the molecule is CCCn1c(=O)sc2cc(S(=O)(=O)Nc3cccc([N+](=O)[O-])c3C)ccc21. The van der Waals surface area contributed by atoms with E-state index in [1.54, 1.807) is 10.6 Å². The van der Waals surface area contributed by atoms with Gasteiger partial charge in [0.1, 0.15) is 0 Å². The molecule has 1 aromatic heterocycles. The fraction of sp³-hybridized carbons (Fsp3) is 0.235. The van der Waals surface area contributed by atoms with Crippen LogP contribution >= 0.6 is 11.3 Å². The largest absolute Gasteiger partial charge is 0.308 e. The van der Waals surface area contributed by atoms with Crippen LogP contribution in [0.25, 0.3) is 10.2 Å². The van der Waals surface area contributed by atoms with E-state index in [4.69, 9.17) is 0 Å². The smallest absolute Gasteiger partial charge is 0.299 e. The molecular weight excluding hydrogens is 390 g/mol. The van der Waals surface area contributed by atoms with Crippen LogP contribution in [0.1, 0.15) is 18.9 Å². The van der Waals surface area contributed by atoms with Gasteiger partial charge in [0.25, 0.3) is 15.7 Å². The van der Waals surface area contributed by atoms with Crippen LogP contribution in [0.4, 0.5) is 11.4 Å². The van der Waals surface area contributed by atoms with Gasteiger partial charge in [-0.2, -0.15) is 0 Å². The molecule has 1 N–H and O–H groups in total. The van der Waals surface area contributed by atoms with Gasteiger partial charge < -0.3 is 0 Å². The zero-order valence-electron chi connectivity index (χ0n) is 14.6. The summed E-state index contributed by atoms with van der Waals surface area (Å²) >= 11 is 0.991. The first-order chi connectivity index (χ1) is 12.7. The summed E-state index contributed by atoms with van der Waals surface area (Å²) in [5.74, 6) is 0. The molecule has 0 fully saturated rings. The molecular formula is C17H17N3O5S2. The molecule has 0 atom stereocenters. The number of fused-ring (bicyclic) bond motifs is 1. The van der Waals surface area contributed by atoms with Crippen molar-refractivity contribution < 1.29 is 13.3 Å². The predicted octanol–water partition coefficient (Wildman–Crippen LogP) is 3.49. The lowest BCUT2D eigenvalue weighted by molar-refractivity contribution is -0.385. The molecule has 27 heavy (non-hydrogen) atoms. The maximum atomic E-state index is 12.7. The van der Waals surface area contributed by atoms with Crippen LogP contribution in [0.2, 0.25) is 0 Å². The number of benzene rings is 2. The molecule has 10 heteroatoms. The second kappa shape index (κ2) is 7.12. The molecule has 0 saturated heterocycles. The van der Waals surface area contributed by atoms with Crippen LogP contribution in [-0.4, -0.2) is 17.9 Å². The summed E-state index contributed by atoms with van der Waals surface area (Å²) in [5.41, 5.74) is 0.893. The van der Waals surface area contributed by atoms with Crippen LogP contribution in [0.5, 0.6) is 0 Å². The summed E-state index contributed by atoms with van der Waals surface area (Å²) in [4.78, 5) is 22.4. The molecule has 0 aliphatic rings. The second-order valence-electron chi connectivity index (χ2n) is 5.96. The van der Waals surface area contributed by atoms with E-state index >= 15 is 0 Å². The first kappa shape index (κ1) is 19.1. The number of nitrogens with zero attached hydrogens (tertiary/aromatic N) is 2. The number of hydrogen-bond donors (Lipinski definition) is 1. The lowest BCUT2D eigenvalue weighted by Crippen LogP contribution is -2.14. The quantitative estimate of drug-likeness (QED) is 0.497. The van der Waals surface area contributed by atoms with E-state index in [0.717, 1.165) is 17.8 Å². The number of nitro benzene ring substituents is 1. The van der Waals surface area contributed by atoms with Gasteiger partial charge in [0.05, 0.1) is 31.3 Å². The van der Waals surface area contributed by atoms with E-state index in [9.17, 15) is 23.3 Å². The Morgan fingerprint density at radius 1 is 1.26 bits per heavy atom. The molecule has 8 nitrogen and oxygen atoms in total. The van der Waals surface area contributed by atoms with Crippen molar-refractivity contribution in [2.24, 2.45) is 0 Å². The van der Waals surface area contributed by atoms with E-state index in [-0.39, 0.29) is 26.7 Å². The van der Waals surface area contributed by atoms with E-state index in [2.05, 4.69) is 4.72 Å². The lowest BCUT2D eigenvalue weighted by atomic mass is 10.2. The lowest BCUT2D eigenvalue weighted by Gasteiger charge is -2.11. The highest BCUT2D eigenvalue weighted by Gasteiger charge is 2.20. The van der Waals surface area contributed by atoms with Crippen LogP contribution in [-0.2, 0) is 16.6 Å². The van der Waals surface area contributed by atoms with Gasteiger partial charge in [-0.05, 0) is 37.6 Å². The number of rotatable bonds is 6. The highest BCUT2D eigenvalue weighted by molar-refractivity contribution is 7.92. The highest BCUT2D eigenvalue weighted by atomic mass is 32.2. The molecule has 0 radical (unpaired) electrons. The van der Waals surface area contributed by atoms with E-state index in [0.29, 0.717) is 16.8 Å². The van der Waals surface area contributed by atoms with E-state index in [1.165, 1.54) is 37.3 Å². The number of aromatic nitrogens is 1. The third kappa shape index (κ3) is 3.58. The van der Waals surface area contributed by atoms with E-state index in [1.807, 2.05) is 6.92 Å². The average Bonchev–Trinajstić information content (AvgIpc) is 2.91. The first-order valence-electron chi connectivity index (χ1n) is 8.15. The summed E-state index contributed by atoms with van der Waals surface area (Å²) in [6, 6.07) is 8.68. The van der Waals surface area contributed by atoms with E-state index < -0.39 is 14.9 Å². The predicted molar refractivity (Wildman–Crippen MR) is 105 cm³/mol. The van der Waals surface area contributed by atoms with Crippen molar-refractivity contribution in [1.82, 2.24) is 4.57 Å². The maximum absolute atomic E-state index is 12.7. The first-order valence-corrected chi connectivity index (χ1v) is 10.4. The monoisotopic (exact) mass is 407 g/mol. The third-order valence-electron chi connectivity index (χ3n) is 4.14. The molecule has 3 rings (SSSR count). The molecule has 0 unspecified atom stereocenters. The Morgan fingerprint density at radius 3 is 2.67 bits per heavy atom. The number of thiazole rings is 1. The van der Waals surface area contributed by atoms with Gasteiger partial charge in [-0.3, -0.25) is 24.2 Å². The number of nitro groups is 1.